The van der Waals surface area contributed by atoms with Crippen LogP contribution in [-0.4, -0.2) is 48.5 Å². The number of hydrogen-bond acceptors (Lipinski definition) is 5. The van der Waals surface area contributed by atoms with Gasteiger partial charge in [-0.2, -0.15) is 0 Å². The largest absolute Gasteiger partial charge is 0.390 e. The van der Waals surface area contributed by atoms with Crippen LogP contribution in [0.4, 0.5) is 0 Å². The summed E-state index contributed by atoms with van der Waals surface area (Å²) in [7, 11) is 0. The van der Waals surface area contributed by atoms with E-state index in [1.807, 2.05) is 44.2 Å². The molecule has 5 atom stereocenters. The lowest BCUT2D eigenvalue weighted by Gasteiger charge is -2.32. The Hall–Kier alpha value is -0.980. The fraction of sp³-hybridized carbons (Fsp3) is 0.727. The molecule has 1 aromatic rings. The molecule has 5 heteroatoms. The van der Waals surface area contributed by atoms with Crippen molar-refractivity contribution in [1.29, 1.82) is 0 Å². The Balaban J connectivity index is 1.43. The van der Waals surface area contributed by atoms with E-state index in [2.05, 4.69) is 6.92 Å². The van der Waals surface area contributed by atoms with Gasteiger partial charge in [0.1, 0.15) is 0 Å². The maximum absolute atomic E-state index is 10.4. The number of benzene rings is 1. The molecule has 0 amide bonds. The lowest BCUT2D eigenvalue weighted by molar-refractivity contribution is -0.231. The molecule has 1 aromatic carbocycles. The van der Waals surface area contributed by atoms with E-state index in [0.717, 1.165) is 31.4 Å². The van der Waals surface area contributed by atoms with Crippen molar-refractivity contribution in [3.05, 3.63) is 35.9 Å². The Morgan fingerprint density at radius 3 is 2.81 bits per heavy atom. The van der Waals surface area contributed by atoms with Gasteiger partial charge in [-0.25, -0.2) is 0 Å². The van der Waals surface area contributed by atoms with Crippen LogP contribution >= 0.6 is 0 Å². The van der Waals surface area contributed by atoms with Crippen molar-refractivity contribution >= 4 is 0 Å². The normalized spacial score (nSPS) is 32.1. The van der Waals surface area contributed by atoms with E-state index in [4.69, 9.17) is 18.9 Å². The predicted molar refractivity (Wildman–Crippen MR) is 103 cm³/mol. The summed E-state index contributed by atoms with van der Waals surface area (Å²) in [4.78, 5) is 0. The number of aliphatic hydroxyl groups excluding tert-OH is 1. The van der Waals surface area contributed by atoms with E-state index in [0.29, 0.717) is 25.6 Å². The van der Waals surface area contributed by atoms with Gasteiger partial charge in [-0.05, 0) is 44.6 Å². The molecule has 0 bridgehead atoms. The van der Waals surface area contributed by atoms with Gasteiger partial charge in [0, 0.05) is 6.42 Å². The van der Waals surface area contributed by atoms with Gasteiger partial charge in [0.15, 0.2) is 5.79 Å². The first-order valence-corrected chi connectivity index (χ1v) is 10.2. The summed E-state index contributed by atoms with van der Waals surface area (Å²) in [5.74, 6) is -0.243. The minimum Gasteiger partial charge on any atom is -0.390 e. The first kappa shape index (κ1) is 20.7. The Labute approximate surface area is 163 Å². The number of rotatable bonds is 7. The third-order valence-corrected chi connectivity index (χ3v) is 5.47. The molecule has 0 radical (unpaired) electrons. The van der Waals surface area contributed by atoms with Crippen LogP contribution in [0.3, 0.4) is 0 Å². The Bertz CT molecular complexity index is 561. The summed E-state index contributed by atoms with van der Waals surface area (Å²) in [6.07, 6.45) is 2.90. The summed E-state index contributed by atoms with van der Waals surface area (Å²) in [5, 5.41) is 10.4. The van der Waals surface area contributed by atoms with E-state index in [1.165, 1.54) is 0 Å². The van der Waals surface area contributed by atoms with Gasteiger partial charge < -0.3 is 24.1 Å². The van der Waals surface area contributed by atoms with E-state index in [1.54, 1.807) is 0 Å². The van der Waals surface area contributed by atoms with Crippen LogP contribution in [0.25, 0.3) is 0 Å². The van der Waals surface area contributed by atoms with Gasteiger partial charge in [-0.1, -0.05) is 37.3 Å². The molecule has 5 nitrogen and oxygen atoms in total. The van der Waals surface area contributed by atoms with Crippen molar-refractivity contribution in [3.63, 3.8) is 0 Å². The van der Waals surface area contributed by atoms with E-state index < -0.39 is 11.9 Å². The molecule has 0 unspecified atom stereocenters. The quantitative estimate of drug-likeness (QED) is 0.784. The van der Waals surface area contributed by atoms with E-state index in [9.17, 15) is 5.11 Å². The average molecular weight is 379 g/mol. The minimum absolute atomic E-state index is 0.0456. The lowest BCUT2D eigenvalue weighted by atomic mass is 9.92. The van der Waals surface area contributed by atoms with Crippen molar-refractivity contribution in [2.45, 2.75) is 83.3 Å². The van der Waals surface area contributed by atoms with Gasteiger partial charge in [-0.3, -0.25) is 0 Å². The fourth-order valence-corrected chi connectivity index (χ4v) is 4.00. The highest BCUT2D eigenvalue weighted by Crippen LogP contribution is 2.32. The molecule has 0 saturated carbocycles. The van der Waals surface area contributed by atoms with E-state index in [-0.39, 0.29) is 18.3 Å². The number of ether oxygens (including phenoxy) is 4. The highest BCUT2D eigenvalue weighted by Gasteiger charge is 2.38. The zero-order valence-corrected chi connectivity index (χ0v) is 16.8. The van der Waals surface area contributed by atoms with Crippen LogP contribution in [0.15, 0.2) is 30.3 Å². The van der Waals surface area contributed by atoms with Crippen LogP contribution in [0.2, 0.25) is 0 Å². The van der Waals surface area contributed by atoms with Crippen molar-refractivity contribution in [1.82, 2.24) is 0 Å². The van der Waals surface area contributed by atoms with Gasteiger partial charge in [0.05, 0.1) is 44.2 Å². The van der Waals surface area contributed by atoms with Crippen LogP contribution in [0.1, 0.15) is 52.0 Å². The molecule has 2 aliphatic heterocycles. The van der Waals surface area contributed by atoms with Crippen molar-refractivity contribution in [2.24, 2.45) is 5.92 Å². The third-order valence-electron chi connectivity index (χ3n) is 5.47. The SMILES string of the molecule is C[C@H](C[C@H]1O[C@H](COCc2ccccc2)C[C@H]1O)[C@@H]1CCCOC(C)(C)O1. The monoisotopic (exact) mass is 378 g/mol. The molecule has 2 saturated heterocycles. The Morgan fingerprint density at radius 1 is 1.26 bits per heavy atom. The van der Waals surface area contributed by atoms with Crippen molar-refractivity contribution < 1.29 is 24.1 Å². The zero-order valence-electron chi connectivity index (χ0n) is 16.8. The molecule has 3 rings (SSSR count). The summed E-state index contributed by atoms with van der Waals surface area (Å²) >= 11 is 0. The highest BCUT2D eigenvalue weighted by atomic mass is 16.7. The number of aliphatic hydroxyl groups is 1. The van der Waals surface area contributed by atoms with Gasteiger partial charge in [0.25, 0.3) is 0 Å². The van der Waals surface area contributed by atoms with Crippen molar-refractivity contribution in [2.75, 3.05) is 13.2 Å². The predicted octanol–water partition coefficient (Wildman–Crippen LogP) is 3.68. The molecular formula is C22H34O5. The van der Waals surface area contributed by atoms with Gasteiger partial charge >= 0.3 is 0 Å². The smallest absolute Gasteiger partial charge is 0.163 e. The van der Waals surface area contributed by atoms with E-state index >= 15 is 0 Å². The van der Waals surface area contributed by atoms with Gasteiger partial charge in [0.2, 0.25) is 0 Å². The molecule has 2 heterocycles. The van der Waals surface area contributed by atoms with Crippen LogP contribution in [-0.2, 0) is 25.6 Å². The lowest BCUT2D eigenvalue weighted by Crippen LogP contribution is -2.36. The summed E-state index contributed by atoms with van der Waals surface area (Å²) < 4.78 is 23.8. The molecule has 1 N–H and O–H groups in total. The molecule has 27 heavy (non-hydrogen) atoms. The summed E-state index contributed by atoms with van der Waals surface area (Å²) in [6, 6.07) is 10.1. The standard InChI is InChI=1S/C22H34O5/c1-16(20-10-7-11-25-22(2,3)27-20)12-21-19(23)13-18(26-21)15-24-14-17-8-5-4-6-9-17/h4-6,8-9,16,18-21,23H,7,10-15H2,1-3H3/t16-,18+,19-,20+,21-/m1/s1. The van der Waals surface area contributed by atoms with Crippen LogP contribution < -0.4 is 0 Å². The molecule has 152 valence electrons. The van der Waals surface area contributed by atoms with Crippen LogP contribution in [0.5, 0.6) is 0 Å². The first-order chi connectivity index (χ1) is 12.9. The second kappa shape index (κ2) is 9.48. The Kier molecular flexibility index (Phi) is 7.29. The maximum atomic E-state index is 10.4. The molecule has 2 fully saturated rings. The molecule has 0 aliphatic carbocycles. The Morgan fingerprint density at radius 2 is 2.04 bits per heavy atom. The summed E-state index contributed by atoms with van der Waals surface area (Å²) in [5.41, 5.74) is 1.15. The molecular weight excluding hydrogens is 344 g/mol. The molecule has 0 aromatic heterocycles. The average Bonchev–Trinajstić information content (AvgIpc) is 2.86. The van der Waals surface area contributed by atoms with Crippen molar-refractivity contribution in [3.8, 4) is 0 Å². The second-order valence-electron chi connectivity index (χ2n) is 8.36. The summed E-state index contributed by atoms with van der Waals surface area (Å²) in [6.45, 7) is 7.94. The minimum atomic E-state index is -0.543. The zero-order chi connectivity index (χ0) is 19.3. The molecule has 0 spiro atoms. The fourth-order valence-electron chi connectivity index (χ4n) is 4.00. The van der Waals surface area contributed by atoms with Crippen LogP contribution in [0, 0.1) is 5.92 Å². The third kappa shape index (κ3) is 6.26. The van der Waals surface area contributed by atoms with Gasteiger partial charge in [-0.15, -0.1) is 0 Å². The topological polar surface area (TPSA) is 57.2 Å². The second-order valence-corrected chi connectivity index (χ2v) is 8.36. The first-order valence-electron chi connectivity index (χ1n) is 10.2. The maximum Gasteiger partial charge on any atom is 0.163 e. The molecule has 2 aliphatic rings. The number of hydrogen-bond donors (Lipinski definition) is 1. The highest BCUT2D eigenvalue weighted by molar-refractivity contribution is 5.13.